The monoisotopic (exact) mass is 231 g/mol. The largest absolute Gasteiger partial charge is 0.394 e. The van der Waals surface area contributed by atoms with Gasteiger partial charge in [0.05, 0.1) is 13.2 Å². The number of ether oxygens (including phenoxy) is 1. The van der Waals surface area contributed by atoms with E-state index in [9.17, 15) is 4.79 Å². The lowest BCUT2D eigenvalue weighted by molar-refractivity contribution is -0.125. The molecular formula is C12H25NO3. The third-order valence-corrected chi connectivity index (χ3v) is 2.32. The molecule has 0 aromatic carbocycles. The van der Waals surface area contributed by atoms with Gasteiger partial charge in [-0.15, -0.1) is 0 Å². The number of unbranched alkanes of at least 4 members (excludes halogenated alkanes) is 5. The standard InChI is InChI=1S/C12H25NO3/c1-2-3-4-5-6-7-8-13-12(15)11-16-10-9-14/h14H,2-11H2,1H3,(H,13,15). The average Bonchev–Trinajstić information content (AvgIpc) is 2.28. The third kappa shape index (κ3) is 11.5. The van der Waals surface area contributed by atoms with Crippen molar-refractivity contribution in [1.29, 1.82) is 0 Å². The highest BCUT2D eigenvalue weighted by molar-refractivity contribution is 5.77. The highest BCUT2D eigenvalue weighted by atomic mass is 16.5. The van der Waals surface area contributed by atoms with Gasteiger partial charge < -0.3 is 15.2 Å². The lowest BCUT2D eigenvalue weighted by Crippen LogP contribution is -2.28. The Balaban J connectivity index is 3.09. The van der Waals surface area contributed by atoms with Crippen LogP contribution < -0.4 is 5.32 Å². The summed E-state index contributed by atoms with van der Waals surface area (Å²) in [6, 6.07) is 0. The lowest BCUT2D eigenvalue weighted by Gasteiger charge is -2.05. The second-order valence-electron chi connectivity index (χ2n) is 3.89. The van der Waals surface area contributed by atoms with Gasteiger partial charge in [0, 0.05) is 6.54 Å². The van der Waals surface area contributed by atoms with Crippen LogP contribution in [0.5, 0.6) is 0 Å². The minimum Gasteiger partial charge on any atom is -0.394 e. The van der Waals surface area contributed by atoms with Gasteiger partial charge in [0.1, 0.15) is 6.61 Å². The maximum Gasteiger partial charge on any atom is 0.245 e. The number of rotatable bonds is 11. The maximum atomic E-state index is 11.1. The van der Waals surface area contributed by atoms with E-state index in [1.165, 1.54) is 32.1 Å². The van der Waals surface area contributed by atoms with Crippen LogP contribution in [0.1, 0.15) is 45.4 Å². The number of carbonyl (C=O) groups excluding carboxylic acids is 1. The highest BCUT2D eigenvalue weighted by Gasteiger charge is 1.99. The van der Waals surface area contributed by atoms with Crippen LogP contribution in [-0.2, 0) is 9.53 Å². The van der Waals surface area contributed by atoms with Crippen molar-refractivity contribution in [3.8, 4) is 0 Å². The molecule has 1 amide bonds. The van der Waals surface area contributed by atoms with Crippen molar-refractivity contribution in [1.82, 2.24) is 5.32 Å². The smallest absolute Gasteiger partial charge is 0.245 e. The minimum atomic E-state index is -0.0954. The number of nitrogens with one attached hydrogen (secondary N) is 1. The van der Waals surface area contributed by atoms with Crippen LogP contribution in [0.25, 0.3) is 0 Å². The summed E-state index contributed by atoms with van der Waals surface area (Å²) in [6.45, 7) is 3.17. The summed E-state index contributed by atoms with van der Waals surface area (Å²) in [5.41, 5.74) is 0. The lowest BCUT2D eigenvalue weighted by atomic mass is 10.1. The van der Waals surface area contributed by atoms with E-state index in [1.807, 2.05) is 0 Å². The predicted octanol–water partition coefficient (Wildman–Crippen LogP) is 1.47. The van der Waals surface area contributed by atoms with Crippen molar-refractivity contribution in [3.63, 3.8) is 0 Å². The second kappa shape index (κ2) is 12.5. The molecule has 0 heterocycles. The molecule has 16 heavy (non-hydrogen) atoms. The molecule has 4 nitrogen and oxygen atoms in total. The van der Waals surface area contributed by atoms with Gasteiger partial charge in [0.15, 0.2) is 0 Å². The van der Waals surface area contributed by atoms with Crippen molar-refractivity contribution < 1.29 is 14.6 Å². The molecule has 0 aliphatic rings. The molecule has 0 saturated carbocycles. The average molecular weight is 231 g/mol. The highest BCUT2D eigenvalue weighted by Crippen LogP contribution is 2.03. The van der Waals surface area contributed by atoms with Gasteiger partial charge in [-0.2, -0.15) is 0 Å². The summed E-state index contributed by atoms with van der Waals surface area (Å²) in [6.07, 6.45) is 7.34. The Labute approximate surface area is 98.4 Å². The van der Waals surface area contributed by atoms with Crippen LogP contribution >= 0.6 is 0 Å². The van der Waals surface area contributed by atoms with Gasteiger partial charge >= 0.3 is 0 Å². The molecular weight excluding hydrogens is 206 g/mol. The van der Waals surface area contributed by atoms with Crippen LogP contribution in [0, 0.1) is 0 Å². The summed E-state index contributed by atoms with van der Waals surface area (Å²) >= 11 is 0. The molecule has 0 unspecified atom stereocenters. The molecule has 0 spiro atoms. The second-order valence-corrected chi connectivity index (χ2v) is 3.89. The number of amides is 1. The number of hydrogen-bond donors (Lipinski definition) is 2. The summed E-state index contributed by atoms with van der Waals surface area (Å²) < 4.78 is 4.89. The van der Waals surface area contributed by atoms with Crippen LogP contribution in [0.3, 0.4) is 0 Å². The van der Waals surface area contributed by atoms with Gasteiger partial charge in [-0.1, -0.05) is 39.0 Å². The van der Waals surface area contributed by atoms with E-state index in [-0.39, 0.29) is 25.7 Å². The summed E-state index contributed by atoms with van der Waals surface area (Å²) in [7, 11) is 0. The molecule has 0 aromatic rings. The minimum absolute atomic E-state index is 0.0370. The van der Waals surface area contributed by atoms with E-state index < -0.39 is 0 Å². The molecule has 0 aliphatic carbocycles. The Hall–Kier alpha value is -0.610. The van der Waals surface area contributed by atoms with Crippen LogP contribution in [-0.4, -0.2) is 37.4 Å². The Bertz CT molecular complexity index is 162. The van der Waals surface area contributed by atoms with Gasteiger partial charge in [-0.25, -0.2) is 0 Å². The molecule has 0 bridgehead atoms. The first-order valence-electron chi connectivity index (χ1n) is 6.26. The Morgan fingerprint density at radius 2 is 1.88 bits per heavy atom. The Kier molecular flexibility index (Phi) is 12.0. The molecule has 0 rings (SSSR count). The van der Waals surface area contributed by atoms with Gasteiger partial charge in [0.25, 0.3) is 0 Å². The first-order chi connectivity index (χ1) is 7.81. The molecule has 0 radical (unpaired) electrons. The molecule has 0 aromatic heterocycles. The quantitative estimate of drug-likeness (QED) is 0.529. The van der Waals surface area contributed by atoms with Crippen molar-refractivity contribution in [2.24, 2.45) is 0 Å². The van der Waals surface area contributed by atoms with Gasteiger partial charge in [0.2, 0.25) is 5.91 Å². The zero-order chi connectivity index (χ0) is 12.1. The fourth-order valence-electron chi connectivity index (χ4n) is 1.41. The predicted molar refractivity (Wildman–Crippen MR) is 64.3 cm³/mol. The molecule has 4 heteroatoms. The SMILES string of the molecule is CCCCCCCCNC(=O)COCCO. The van der Waals surface area contributed by atoms with Crippen molar-refractivity contribution in [3.05, 3.63) is 0 Å². The molecule has 0 saturated heterocycles. The zero-order valence-electron chi connectivity index (χ0n) is 10.3. The number of carbonyl (C=O) groups is 1. The summed E-state index contributed by atoms with van der Waals surface area (Å²) in [5.74, 6) is -0.0954. The third-order valence-electron chi connectivity index (χ3n) is 2.32. The van der Waals surface area contributed by atoms with E-state index in [2.05, 4.69) is 12.2 Å². The molecule has 0 fully saturated rings. The van der Waals surface area contributed by atoms with Crippen LogP contribution in [0.4, 0.5) is 0 Å². The summed E-state index contributed by atoms with van der Waals surface area (Å²) in [5, 5.41) is 11.2. The van der Waals surface area contributed by atoms with Crippen molar-refractivity contribution in [2.45, 2.75) is 45.4 Å². The normalized spacial score (nSPS) is 10.4. The maximum absolute atomic E-state index is 11.1. The van der Waals surface area contributed by atoms with E-state index >= 15 is 0 Å². The zero-order valence-corrected chi connectivity index (χ0v) is 10.3. The van der Waals surface area contributed by atoms with Crippen molar-refractivity contribution >= 4 is 5.91 Å². The molecule has 0 atom stereocenters. The van der Waals surface area contributed by atoms with Gasteiger partial charge in [-0.05, 0) is 6.42 Å². The number of aliphatic hydroxyl groups is 1. The number of hydrogen-bond acceptors (Lipinski definition) is 3. The van der Waals surface area contributed by atoms with Crippen LogP contribution in [0.2, 0.25) is 0 Å². The Morgan fingerprint density at radius 1 is 1.19 bits per heavy atom. The molecule has 0 aliphatic heterocycles. The molecule has 96 valence electrons. The fraction of sp³-hybridized carbons (Fsp3) is 0.917. The van der Waals surface area contributed by atoms with E-state index in [1.54, 1.807) is 0 Å². The Morgan fingerprint density at radius 3 is 2.56 bits per heavy atom. The first-order valence-corrected chi connectivity index (χ1v) is 6.26. The fourth-order valence-corrected chi connectivity index (χ4v) is 1.41. The van der Waals surface area contributed by atoms with Gasteiger partial charge in [-0.3, -0.25) is 4.79 Å². The summed E-state index contributed by atoms with van der Waals surface area (Å²) in [4.78, 5) is 11.1. The first kappa shape index (κ1) is 15.4. The van der Waals surface area contributed by atoms with E-state index in [0.717, 1.165) is 13.0 Å². The topological polar surface area (TPSA) is 58.6 Å². The van der Waals surface area contributed by atoms with E-state index in [0.29, 0.717) is 0 Å². The molecule has 2 N–H and O–H groups in total. The van der Waals surface area contributed by atoms with E-state index in [4.69, 9.17) is 9.84 Å². The van der Waals surface area contributed by atoms with Crippen LogP contribution in [0.15, 0.2) is 0 Å². The number of aliphatic hydroxyl groups excluding tert-OH is 1. The van der Waals surface area contributed by atoms with Crippen molar-refractivity contribution in [2.75, 3.05) is 26.4 Å².